The predicted molar refractivity (Wildman–Crippen MR) is 89.3 cm³/mol. The van der Waals surface area contributed by atoms with Crippen LogP contribution in [0.2, 0.25) is 0 Å². The molecule has 3 heterocycles. The van der Waals surface area contributed by atoms with E-state index < -0.39 is 0 Å². The van der Waals surface area contributed by atoms with Crippen LogP contribution in [-0.2, 0) is 31.2 Å². The molecule has 120 valence electrons. The van der Waals surface area contributed by atoms with E-state index in [0.29, 0.717) is 0 Å². The minimum Gasteiger partial charge on any atom is -0.337 e. The van der Waals surface area contributed by atoms with Crippen LogP contribution in [0.15, 0.2) is 30.6 Å². The van der Waals surface area contributed by atoms with Gasteiger partial charge >= 0.3 is 0 Å². The number of nitrogens with zero attached hydrogens (tertiary/aromatic N) is 4. The molecule has 1 atom stereocenters. The van der Waals surface area contributed by atoms with Crippen molar-refractivity contribution in [2.75, 3.05) is 18.0 Å². The molecule has 0 radical (unpaired) electrons. The Bertz CT molecular complexity index is 751. The molecule has 0 unspecified atom stereocenters. The smallest absolute Gasteiger partial charge is 0.244 e. The maximum atomic E-state index is 13.0. The summed E-state index contributed by atoms with van der Waals surface area (Å²) in [6.45, 7) is 4.50. The molecule has 4 rings (SSSR count). The van der Waals surface area contributed by atoms with Gasteiger partial charge in [0.25, 0.3) is 0 Å². The molecule has 0 saturated carbocycles. The van der Waals surface area contributed by atoms with Gasteiger partial charge < -0.3 is 9.47 Å². The Morgan fingerprint density at radius 2 is 2.04 bits per heavy atom. The molecule has 0 spiro atoms. The van der Waals surface area contributed by atoms with Crippen molar-refractivity contribution < 1.29 is 4.79 Å². The lowest BCUT2D eigenvalue weighted by atomic mass is 10.1. The van der Waals surface area contributed by atoms with Crippen LogP contribution in [0, 0.1) is 0 Å². The van der Waals surface area contributed by atoms with Gasteiger partial charge in [0, 0.05) is 44.5 Å². The lowest BCUT2D eigenvalue weighted by Gasteiger charge is -2.33. The molecule has 0 bridgehead atoms. The molecular weight excluding hydrogens is 288 g/mol. The van der Waals surface area contributed by atoms with Gasteiger partial charge in [-0.15, -0.1) is 0 Å². The summed E-state index contributed by atoms with van der Waals surface area (Å²) >= 11 is 0. The number of carbonyl (C=O) groups is 1. The zero-order valence-corrected chi connectivity index (χ0v) is 13.7. The summed E-state index contributed by atoms with van der Waals surface area (Å²) in [5.74, 6) is 0.203. The van der Waals surface area contributed by atoms with E-state index in [1.165, 1.54) is 11.3 Å². The summed E-state index contributed by atoms with van der Waals surface area (Å²) in [6, 6.07) is 8.12. The second-order valence-corrected chi connectivity index (χ2v) is 6.51. The number of amides is 1. The molecule has 1 amide bonds. The van der Waals surface area contributed by atoms with E-state index in [4.69, 9.17) is 0 Å². The number of hydrogen-bond donors (Lipinski definition) is 0. The lowest BCUT2D eigenvalue weighted by Crippen LogP contribution is -2.48. The van der Waals surface area contributed by atoms with Crippen LogP contribution in [0.5, 0.6) is 0 Å². The van der Waals surface area contributed by atoms with Gasteiger partial charge in [0.05, 0.1) is 18.1 Å². The lowest BCUT2D eigenvalue weighted by molar-refractivity contribution is -0.123. The van der Waals surface area contributed by atoms with E-state index in [-0.39, 0.29) is 11.9 Å². The van der Waals surface area contributed by atoms with E-state index in [9.17, 15) is 4.79 Å². The monoisotopic (exact) mass is 310 g/mol. The summed E-state index contributed by atoms with van der Waals surface area (Å²) in [5.41, 5.74) is 4.77. The van der Waals surface area contributed by atoms with E-state index in [1.54, 1.807) is 0 Å². The molecule has 0 fully saturated rings. The van der Waals surface area contributed by atoms with Crippen molar-refractivity contribution in [1.82, 2.24) is 14.5 Å². The average molecular weight is 310 g/mol. The number of fused-ring (bicyclic) bond motifs is 2. The van der Waals surface area contributed by atoms with Gasteiger partial charge in [0.2, 0.25) is 5.91 Å². The minimum atomic E-state index is -0.115. The molecule has 2 aromatic rings. The highest BCUT2D eigenvalue weighted by Crippen LogP contribution is 2.29. The van der Waals surface area contributed by atoms with Crippen LogP contribution < -0.4 is 4.90 Å². The van der Waals surface area contributed by atoms with Crippen molar-refractivity contribution in [3.8, 4) is 0 Å². The van der Waals surface area contributed by atoms with E-state index in [0.717, 1.165) is 43.9 Å². The zero-order chi connectivity index (χ0) is 16.0. The maximum Gasteiger partial charge on any atom is 0.244 e. The van der Waals surface area contributed by atoms with Gasteiger partial charge in [-0.25, -0.2) is 4.98 Å². The fourth-order valence-corrected chi connectivity index (χ4v) is 3.76. The molecule has 2 aliphatic rings. The number of benzene rings is 1. The first-order valence-corrected chi connectivity index (χ1v) is 8.27. The number of carbonyl (C=O) groups excluding carboxylic acids is 1. The second kappa shape index (κ2) is 5.49. The summed E-state index contributed by atoms with van der Waals surface area (Å²) in [6.07, 6.45) is 3.79. The van der Waals surface area contributed by atoms with Gasteiger partial charge in [0.15, 0.2) is 0 Å². The van der Waals surface area contributed by atoms with Gasteiger partial charge in [-0.05, 0) is 25.0 Å². The largest absolute Gasteiger partial charge is 0.337 e. The highest BCUT2D eigenvalue weighted by molar-refractivity contribution is 5.98. The molecular formula is C18H22N4O. The van der Waals surface area contributed by atoms with Crippen molar-refractivity contribution in [3.63, 3.8) is 0 Å². The second-order valence-electron chi connectivity index (χ2n) is 6.51. The Morgan fingerprint density at radius 3 is 2.91 bits per heavy atom. The van der Waals surface area contributed by atoms with E-state index in [2.05, 4.69) is 26.6 Å². The first kappa shape index (κ1) is 14.5. The van der Waals surface area contributed by atoms with Crippen LogP contribution >= 0.6 is 0 Å². The summed E-state index contributed by atoms with van der Waals surface area (Å²) in [7, 11) is 2.04. The normalized spacial score (nSPS) is 18.6. The summed E-state index contributed by atoms with van der Waals surface area (Å²) < 4.78 is 2.09. The quantitative estimate of drug-likeness (QED) is 0.849. The number of aromatic nitrogens is 2. The van der Waals surface area contributed by atoms with Crippen molar-refractivity contribution in [1.29, 1.82) is 0 Å². The first-order chi connectivity index (χ1) is 11.1. The van der Waals surface area contributed by atoms with Crippen LogP contribution in [0.4, 0.5) is 5.69 Å². The highest BCUT2D eigenvalue weighted by atomic mass is 16.2. The Hall–Kier alpha value is -2.14. The number of para-hydroxylation sites is 1. The minimum absolute atomic E-state index is 0.115. The molecule has 0 saturated heterocycles. The fraction of sp³-hybridized carbons (Fsp3) is 0.444. The van der Waals surface area contributed by atoms with Crippen LogP contribution in [0.3, 0.4) is 0 Å². The standard InChI is InChI=1S/C18H22N4O/c1-13(21-9-8-17-15(11-21)19-12-20(17)2)18(23)22-10-7-14-5-3-4-6-16(14)22/h3-6,12-13H,7-11H2,1-2H3/t13-/m1/s1. The fourth-order valence-electron chi connectivity index (χ4n) is 3.76. The molecule has 2 aliphatic heterocycles. The molecule has 1 aromatic heterocycles. The number of hydrogen-bond acceptors (Lipinski definition) is 3. The van der Waals surface area contributed by atoms with Crippen molar-refractivity contribution >= 4 is 11.6 Å². The van der Waals surface area contributed by atoms with Crippen molar-refractivity contribution in [2.45, 2.75) is 32.4 Å². The van der Waals surface area contributed by atoms with Crippen LogP contribution in [0.25, 0.3) is 0 Å². The molecule has 0 aliphatic carbocycles. The van der Waals surface area contributed by atoms with E-state index >= 15 is 0 Å². The van der Waals surface area contributed by atoms with Crippen molar-refractivity contribution in [2.24, 2.45) is 7.05 Å². The van der Waals surface area contributed by atoms with Gasteiger partial charge in [-0.2, -0.15) is 0 Å². The number of imidazole rings is 1. The number of rotatable bonds is 2. The third-order valence-electron chi connectivity index (χ3n) is 5.19. The third kappa shape index (κ3) is 2.36. The SMILES string of the molecule is C[C@H](C(=O)N1CCc2ccccc21)N1CCc2c(ncn2C)C1. The third-order valence-corrected chi connectivity index (χ3v) is 5.19. The van der Waals surface area contributed by atoms with Crippen molar-refractivity contribution in [3.05, 3.63) is 47.5 Å². The molecule has 23 heavy (non-hydrogen) atoms. The van der Waals surface area contributed by atoms with Gasteiger partial charge in [-0.1, -0.05) is 18.2 Å². The van der Waals surface area contributed by atoms with Crippen LogP contribution in [0.1, 0.15) is 23.9 Å². The van der Waals surface area contributed by atoms with Crippen LogP contribution in [-0.4, -0.2) is 39.5 Å². The topological polar surface area (TPSA) is 41.4 Å². The molecule has 0 N–H and O–H groups in total. The number of aryl methyl sites for hydroxylation is 1. The molecule has 5 heteroatoms. The molecule has 1 aromatic carbocycles. The van der Waals surface area contributed by atoms with E-state index in [1.807, 2.05) is 37.3 Å². The first-order valence-electron chi connectivity index (χ1n) is 8.27. The highest BCUT2D eigenvalue weighted by Gasteiger charge is 2.33. The Balaban J connectivity index is 1.52. The average Bonchev–Trinajstić information content (AvgIpc) is 3.17. The molecule has 5 nitrogen and oxygen atoms in total. The summed E-state index contributed by atoms with van der Waals surface area (Å²) in [5, 5.41) is 0. The maximum absolute atomic E-state index is 13.0. The van der Waals surface area contributed by atoms with Gasteiger partial charge in [0.1, 0.15) is 0 Å². The summed E-state index contributed by atoms with van der Waals surface area (Å²) in [4.78, 5) is 21.7. The Labute approximate surface area is 136 Å². The zero-order valence-electron chi connectivity index (χ0n) is 13.7. The predicted octanol–water partition coefficient (Wildman–Crippen LogP) is 1.76. The Morgan fingerprint density at radius 1 is 1.22 bits per heavy atom. The van der Waals surface area contributed by atoms with Gasteiger partial charge in [-0.3, -0.25) is 9.69 Å². The number of anilines is 1. The Kier molecular flexibility index (Phi) is 3.45.